The Hall–Kier alpha value is -2.06. The minimum absolute atomic E-state index is 0.185. The zero-order valence-corrected chi connectivity index (χ0v) is 22.9. The van der Waals surface area contributed by atoms with Crippen LogP contribution in [0.15, 0.2) is 36.5 Å². The summed E-state index contributed by atoms with van der Waals surface area (Å²) >= 11 is 12.7. The highest BCUT2D eigenvalue weighted by atomic mass is 35.5. The molecule has 2 saturated heterocycles. The summed E-state index contributed by atoms with van der Waals surface area (Å²) in [5.74, 6) is 0.842. The van der Waals surface area contributed by atoms with Gasteiger partial charge in [-0.3, -0.25) is 9.80 Å². The lowest BCUT2D eigenvalue weighted by molar-refractivity contribution is 0.0610. The maximum absolute atomic E-state index is 11.7. The van der Waals surface area contributed by atoms with E-state index in [1.165, 1.54) is 18.4 Å². The zero-order valence-electron chi connectivity index (χ0n) is 21.4. The van der Waals surface area contributed by atoms with Gasteiger partial charge in [-0.25, -0.2) is 9.78 Å². The molecule has 0 spiro atoms. The minimum Gasteiger partial charge on any atom is -0.353 e. The average molecular weight is 534 g/mol. The topological polar surface area (TPSA) is 63.7 Å². The van der Waals surface area contributed by atoms with Crippen molar-refractivity contribution in [3.63, 3.8) is 0 Å². The van der Waals surface area contributed by atoms with Crippen LogP contribution in [0.25, 0.3) is 0 Å². The van der Waals surface area contributed by atoms with E-state index in [1.54, 1.807) is 0 Å². The first-order valence-electron chi connectivity index (χ1n) is 13.1. The number of halogens is 2. The summed E-state index contributed by atoms with van der Waals surface area (Å²) in [4.78, 5) is 24.0. The third-order valence-corrected chi connectivity index (χ3v) is 7.84. The number of piperazine rings is 1. The molecule has 7 nitrogen and oxygen atoms in total. The van der Waals surface area contributed by atoms with Crippen LogP contribution >= 0.6 is 23.2 Å². The normalized spacial score (nSPS) is 19.9. The number of pyridine rings is 1. The summed E-state index contributed by atoms with van der Waals surface area (Å²) in [7, 11) is 0. The molecule has 2 aliphatic rings. The Kier molecular flexibility index (Phi) is 9.71. The number of nitrogens with zero attached hydrogens (tertiary/aromatic N) is 4. The van der Waals surface area contributed by atoms with Crippen LogP contribution in [0.2, 0.25) is 10.0 Å². The van der Waals surface area contributed by atoms with Crippen LogP contribution < -0.4 is 15.5 Å². The summed E-state index contributed by atoms with van der Waals surface area (Å²) in [6.45, 7) is 11.3. The number of carbonyl (C=O) groups is 1. The number of benzene rings is 1. The van der Waals surface area contributed by atoms with Crippen molar-refractivity contribution in [3.8, 4) is 0 Å². The second-order valence-electron chi connectivity index (χ2n) is 9.74. The van der Waals surface area contributed by atoms with Gasteiger partial charge in [0, 0.05) is 62.6 Å². The Morgan fingerprint density at radius 3 is 2.44 bits per heavy atom. The van der Waals surface area contributed by atoms with E-state index in [2.05, 4.69) is 49.4 Å². The van der Waals surface area contributed by atoms with Gasteiger partial charge in [0.05, 0.1) is 5.02 Å². The van der Waals surface area contributed by atoms with Crippen LogP contribution in [0.3, 0.4) is 0 Å². The summed E-state index contributed by atoms with van der Waals surface area (Å²) in [6, 6.07) is 11.1. The molecule has 2 aliphatic heterocycles. The van der Waals surface area contributed by atoms with Crippen molar-refractivity contribution < 1.29 is 4.79 Å². The summed E-state index contributed by atoms with van der Waals surface area (Å²) in [5.41, 5.74) is 2.22. The van der Waals surface area contributed by atoms with Gasteiger partial charge in [0.1, 0.15) is 5.82 Å². The van der Waals surface area contributed by atoms with Crippen LogP contribution in [-0.4, -0.2) is 72.2 Å². The number of likely N-dealkylation sites (tertiary alicyclic amines) is 1. The van der Waals surface area contributed by atoms with Crippen LogP contribution in [0.1, 0.15) is 44.2 Å². The van der Waals surface area contributed by atoms with E-state index in [4.69, 9.17) is 23.2 Å². The van der Waals surface area contributed by atoms with Crippen molar-refractivity contribution in [3.05, 3.63) is 57.7 Å². The molecule has 0 radical (unpaired) electrons. The molecule has 2 fully saturated rings. The van der Waals surface area contributed by atoms with Crippen LogP contribution in [0, 0.1) is 0 Å². The number of aromatic nitrogens is 1. The number of hydrogen-bond donors (Lipinski definition) is 2. The Labute approximate surface area is 225 Å². The van der Waals surface area contributed by atoms with Gasteiger partial charge in [-0.05, 0) is 68.6 Å². The lowest BCUT2D eigenvalue weighted by Crippen LogP contribution is -2.58. The fourth-order valence-electron chi connectivity index (χ4n) is 5.37. The van der Waals surface area contributed by atoms with E-state index < -0.39 is 0 Å². The molecule has 2 N–H and O–H groups in total. The number of anilines is 1. The van der Waals surface area contributed by atoms with E-state index in [-0.39, 0.29) is 6.03 Å². The molecular weight excluding hydrogens is 495 g/mol. The molecule has 0 bridgehead atoms. The molecule has 1 aromatic carbocycles. The summed E-state index contributed by atoms with van der Waals surface area (Å²) in [6.07, 6.45) is 5.33. The molecule has 196 valence electrons. The van der Waals surface area contributed by atoms with Gasteiger partial charge in [-0.2, -0.15) is 0 Å². The summed E-state index contributed by atoms with van der Waals surface area (Å²) in [5, 5.41) is 6.99. The van der Waals surface area contributed by atoms with Gasteiger partial charge in [0.2, 0.25) is 0 Å². The lowest BCUT2D eigenvalue weighted by Gasteiger charge is -2.47. The predicted octanol–water partition coefficient (Wildman–Crippen LogP) is 4.77. The van der Waals surface area contributed by atoms with E-state index in [0.29, 0.717) is 30.2 Å². The van der Waals surface area contributed by atoms with Crippen LogP contribution in [0.5, 0.6) is 0 Å². The van der Waals surface area contributed by atoms with Gasteiger partial charge in [-0.1, -0.05) is 42.3 Å². The number of carbonyl (C=O) groups excluding carboxylic acids is 1. The van der Waals surface area contributed by atoms with Crippen molar-refractivity contribution in [2.24, 2.45) is 0 Å². The number of amides is 2. The number of piperidine rings is 1. The Balaban J connectivity index is 1.29. The molecule has 1 aromatic heterocycles. The van der Waals surface area contributed by atoms with Gasteiger partial charge in [0.25, 0.3) is 0 Å². The van der Waals surface area contributed by atoms with Gasteiger partial charge in [0.15, 0.2) is 0 Å². The van der Waals surface area contributed by atoms with E-state index in [1.807, 2.05) is 31.3 Å². The monoisotopic (exact) mass is 532 g/mol. The number of hydrogen-bond acceptors (Lipinski definition) is 5. The molecule has 2 amide bonds. The van der Waals surface area contributed by atoms with E-state index in [9.17, 15) is 4.79 Å². The van der Waals surface area contributed by atoms with Crippen molar-refractivity contribution in [2.75, 3.05) is 44.2 Å². The highest BCUT2D eigenvalue weighted by molar-refractivity contribution is 6.33. The highest BCUT2D eigenvalue weighted by Crippen LogP contribution is 2.30. The SMILES string of the molecule is CCNC(=O)NCc1cnc(N2CCN(C3CCN(Cc4ccc(Cl)cc4)CC3)[C@@H](CC)C2)c(Cl)c1. The first-order valence-corrected chi connectivity index (χ1v) is 13.9. The fourth-order valence-corrected chi connectivity index (χ4v) is 5.80. The summed E-state index contributed by atoms with van der Waals surface area (Å²) < 4.78 is 0. The number of nitrogens with one attached hydrogen (secondary N) is 2. The molecule has 0 saturated carbocycles. The van der Waals surface area contributed by atoms with Crippen LogP contribution in [0.4, 0.5) is 10.6 Å². The second-order valence-corrected chi connectivity index (χ2v) is 10.6. The first-order chi connectivity index (χ1) is 17.5. The molecule has 36 heavy (non-hydrogen) atoms. The van der Waals surface area contributed by atoms with Gasteiger partial charge >= 0.3 is 6.03 Å². The Morgan fingerprint density at radius 2 is 1.78 bits per heavy atom. The first kappa shape index (κ1) is 27.0. The predicted molar refractivity (Wildman–Crippen MR) is 148 cm³/mol. The number of urea groups is 1. The molecule has 0 unspecified atom stereocenters. The molecular formula is C27H38Cl2N6O. The van der Waals surface area contributed by atoms with Gasteiger partial charge in [-0.15, -0.1) is 0 Å². The lowest BCUT2D eigenvalue weighted by atomic mass is 9.98. The minimum atomic E-state index is -0.185. The average Bonchev–Trinajstić information content (AvgIpc) is 2.89. The van der Waals surface area contributed by atoms with E-state index >= 15 is 0 Å². The third kappa shape index (κ3) is 7.03. The van der Waals surface area contributed by atoms with E-state index in [0.717, 1.165) is 62.1 Å². The van der Waals surface area contributed by atoms with Crippen LogP contribution in [-0.2, 0) is 13.1 Å². The Bertz CT molecular complexity index is 996. The highest BCUT2D eigenvalue weighted by Gasteiger charge is 2.33. The zero-order chi connectivity index (χ0) is 25.5. The van der Waals surface area contributed by atoms with Crippen molar-refractivity contribution >= 4 is 35.1 Å². The molecule has 3 heterocycles. The number of rotatable bonds is 8. The van der Waals surface area contributed by atoms with Crippen molar-refractivity contribution in [2.45, 2.75) is 58.3 Å². The maximum Gasteiger partial charge on any atom is 0.315 e. The molecule has 1 atom stereocenters. The van der Waals surface area contributed by atoms with Gasteiger partial charge < -0.3 is 15.5 Å². The quantitative estimate of drug-likeness (QED) is 0.512. The maximum atomic E-state index is 11.7. The van der Waals surface area contributed by atoms with Crippen molar-refractivity contribution in [1.82, 2.24) is 25.4 Å². The largest absolute Gasteiger partial charge is 0.353 e. The third-order valence-electron chi connectivity index (χ3n) is 7.31. The molecule has 0 aliphatic carbocycles. The fraction of sp³-hybridized carbons (Fsp3) is 0.556. The molecule has 4 rings (SSSR count). The van der Waals surface area contributed by atoms with Crippen molar-refractivity contribution in [1.29, 1.82) is 0 Å². The molecule has 9 heteroatoms. The Morgan fingerprint density at radius 1 is 1.03 bits per heavy atom. The second kappa shape index (κ2) is 13.0. The molecule has 2 aromatic rings. The standard InChI is InChI=1S/C27H38Cl2N6O/c1-3-23-19-34(26-25(29)15-21(16-31-26)17-32-27(36)30-4-2)13-14-35(23)24-9-11-33(12-10-24)18-20-5-7-22(28)8-6-20/h5-8,15-16,23-24H,3-4,9-14,17-19H2,1-2H3,(H2,30,32,36)/t23-/m0/s1. The smallest absolute Gasteiger partial charge is 0.315 e.